The Morgan fingerprint density at radius 3 is 2.52 bits per heavy atom. The van der Waals surface area contributed by atoms with Crippen molar-refractivity contribution in [3.8, 4) is 11.1 Å². The minimum atomic E-state index is 0.499. The first-order valence-electron chi connectivity index (χ1n) is 10.7. The van der Waals surface area contributed by atoms with Gasteiger partial charge in [0.25, 0.3) is 0 Å². The summed E-state index contributed by atoms with van der Waals surface area (Å²) in [5.41, 5.74) is 11.1. The Morgan fingerprint density at radius 2 is 1.74 bits per heavy atom. The van der Waals surface area contributed by atoms with E-state index in [4.69, 9.17) is 10.5 Å². The average molecular weight is 419 g/mol. The highest BCUT2D eigenvalue weighted by atomic mass is 16.5. The summed E-state index contributed by atoms with van der Waals surface area (Å²) in [7, 11) is 0. The van der Waals surface area contributed by atoms with Gasteiger partial charge in [-0.1, -0.05) is 6.92 Å². The molecule has 0 atom stereocenters. The van der Waals surface area contributed by atoms with E-state index in [-0.39, 0.29) is 0 Å². The van der Waals surface area contributed by atoms with E-state index in [1.54, 1.807) is 18.9 Å². The molecule has 5 heterocycles. The van der Waals surface area contributed by atoms with Gasteiger partial charge in [-0.2, -0.15) is 0 Å². The summed E-state index contributed by atoms with van der Waals surface area (Å²) in [4.78, 5) is 27.3. The second kappa shape index (κ2) is 8.43. The molecule has 160 valence electrons. The molecule has 0 aromatic carbocycles. The number of rotatable bonds is 4. The third-order valence-electron chi connectivity index (χ3n) is 5.91. The van der Waals surface area contributed by atoms with Crippen LogP contribution in [0.25, 0.3) is 11.1 Å². The van der Waals surface area contributed by atoms with Crippen LogP contribution in [0.5, 0.6) is 0 Å². The fourth-order valence-electron chi connectivity index (χ4n) is 4.33. The quantitative estimate of drug-likeness (QED) is 0.679. The lowest BCUT2D eigenvalue weighted by molar-refractivity contribution is 0.122. The van der Waals surface area contributed by atoms with Gasteiger partial charge in [-0.05, 0) is 25.0 Å². The van der Waals surface area contributed by atoms with E-state index in [1.807, 2.05) is 12.1 Å². The molecule has 0 spiro atoms. The van der Waals surface area contributed by atoms with Crippen molar-refractivity contribution in [2.45, 2.75) is 26.3 Å². The van der Waals surface area contributed by atoms with E-state index in [2.05, 4.69) is 41.6 Å². The van der Waals surface area contributed by atoms with Crippen LogP contribution in [-0.2, 0) is 24.1 Å². The minimum Gasteiger partial charge on any atom is -0.384 e. The van der Waals surface area contributed by atoms with Crippen LogP contribution in [0.2, 0.25) is 0 Å². The number of anilines is 3. The van der Waals surface area contributed by atoms with E-state index in [9.17, 15) is 0 Å². The van der Waals surface area contributed by atoms with Crippen molar-refractivity contribution in [3.63, 3.8) is 0 Å². The van der Waals surface area contributed by atoms with Gasteiger partial charge in [0.1, 0.15) is 30.1 Å². The van der Waals surface area contributed by atoms with Crippen LogP contribution in [0.3, 0.4) is 0 Å². The number of nitrogens with two attached hydrogens (primary N) is 1. The Labute approximate surface area is 181 Å². The Bertz CT molecular complexity index is 1070. The normalized spacial score (nSPS) is 16.3. The van der Waals surface area contributed by atoms with Crippen LogP contribution < -0.4 is 15.5 Å². The summed E-state index contributed by atoms with van der Waals surface area (Å²) >= 11 is 0. The largest absolute Gasteiger partial charge is 0.384 e. The summed E-state index contributed by atoms with van der Waals surface area (Å²) in [6.45, 7) is 6.85. The van der Waals surface area contributed by atoms with E-state index in [1.165, 1.54) is 5.56 Å². The van der Waals surface area contributed by atoms with Crippen LogP contribution in [-0.4, -0.2) is 57.8 Å². The molecule has 0 aliphatic carbocycles. The average Bonchev–Trinajstić information content (AvgIpc) is 2.84. The minimum absolute atomic E-state index is 0.499. The van der Waals surface area contributed by atoms with Crippen molar-refractivity contribution in [2.24, 2.45) is 0 Å². The van der Waals surface area contributed by atoms with Crippen molar-refractivity contribution in [2.75, 3.05) is 48.4 Å². The lowest BCUT2D eigenvalue weighted by atomic mass is 10.0. The van der Waals surface area contributed by atoms with Crippen molar-refractivity contribution < 1.29 is 4.74 Å². The summed E-state index contributed by atoms with van der Waals surface area (Å²) in [5.74, 6) is 2.46. The number of morpholine rings is 1. The molecule has 3 aromatic heterocycles. The molecular weight excluding hydrogens is 392 g/mol. The molecule has 3 aromatic rings. The topological polar surface area (TPSA) is 106 Å². The third-order valence-corrected chi connectivity index (χ3v) is 5.91. The van der Waals surface area contributed by atoms with Gasteiger partial charge in [0.2, 0.25) is 0 Å². The number of fused-ring (bicyclic) bond motifs is 1. The first-order chi connectivity index (χ1) is 15.2. The van der Waals surface area contributed by atoms with Crippen molar-refractivity contribution in [1.82, 2.24) is 24.9 Å². The number of pyridine rings is 1. The first kappa shape index (κ1) is 19.6. The van der Waals surface area contributed by atoms with Gasteiger partial charge < -0.3 is 20.3 Å². The SMILES string of the molecule is CCc1ncnc(N2CCc3c(ncnc3N3CCOCC3)C2)c1-c1ccc(N)nc1. The molecule has 1 saturated heterocycles. The molecule has 9 nitrogen and oxygen atoms in total. The van der Waals surface area contributed by atoms with Crippen molar-refractivity contribution >= 4 is 17.5 Å². The molecule has 0 radical (unpaired) electrons. The standard InChI is InChI=1S/C22H26N8O/c1-2-17-20(15-3-4-19(23)24-11-15)22(28-13-25-17)30-6-5-16-18(12-30)26-14-27-21(16)29-7-9-31-10-8-29/h3-4,11,13-14H,2,5-10,12H2,1H3,(H2,23,24). The Kier molecular flexibility index (Phi) is 5.33. The highest BCUT2D eigenvalue weighted by Crippen LogP contribution is 2.35. The van der Waals surface area contributed by atoms with E-state index in [0.717, 1.165) is 79.8 Å². The van der Waals surface area contributed by atoms with E-state index in [0.29, 0.717) is 12.4 Å². The second-order valence-electron chi connectivity index (χ2n) is 7.74. The molecule has 2 aliphatic rings. The predicted octanol–water partition coefficient (Wildman–Crippen LogP) is 1.87. The first-order valence-corrected chi connectivity index (χ1v) is 10.7. The lowest BCUT2D eigenvalue weighted by Crippen LogP contribution is -2.39. The molecule has 0 bridgehead atoms. The number of aryl methyl sites for hydroxylation is 1. The van der Waals surface area contributed by atoms with Crippen LogP contribution in [0.15, 0.2) is 31.0 Å². The molecule has 2 N–H and O–H groups in total. The summed E-state index contributed by atoms with van der Waals surface area (Å²) in [6, 6.07) is 3.80. The maximum atomic E-state index is 5.81. The molecule has 0 amide bonds. The van der Waals surface area contributed by atoms with Gasteiger partial charge in [-0.15, -0.1) is 0 Å². The van der Waals surface area contributed by atoms with E-state index >= 15 is 0 Å². The van der Waals surface area contributed by atoms with E-state index < -0.39 is 0 Å². The smallest absolute Gasteiger partial charge is 0.140 e. The zero-order chi connectivity index (χ0) is 21.2. The highest BCUT2D eigenvalue weighted by molar-refractivity contribution is 5.78. The zero-order valence-electron chi connectivity index (χ0n) is 17.7. The molecule has 31 heavy (non-hydrogen) atoms. The fourth-order valence-corrected chi connectivity index (χ4v) is 4.33. The number of hydrogen-bond donors (Lipinski definition) is 1. The maximum absolute atomic E-state index is 5.81. The Hall–Kier alpha value is -3.33. The molecule has 1 fully saturated rings. The third kappa shape index (κ3) is 3.76. The summed E-state index contributed by atoms with van der Waals surface area (Å²) in [6.07, 6.45) is 6.80. The van der Waals surface area contributed by atoms with Gasteiger partial charge in [0, 0.05) is 42.5 Å². The number of nitrogens with zero attached hydrogens (tertiary/aromatic N) is 7. The van der Waals surface area contributed by atoms with Gasteiger partial charge in [0.15, 0.2) is 0 Å². The molecule has 5 rings (SSSR count). The molecule has 0 unspecified atom stereocenters. The maximum Gasteiger partial charge on any atom is 0.140 e. The van der Waals surface area contributed by atoms with Crippen molar-refractivity contribution in [1.29, 1.82) is 0 Å². The molecule has 9 heteroatoms. The fraction of sp³-hybridized carbons (Fsp3) is 0.409. The Morgan fingerprint density at radius 1 is 0.935 bits per heavy atom. The second-order valence-corrected chi connectivity index (χ2v) is 7.74. The van der Waals surface area contributed by atoms with Gasteiger partial charge in [-0.3, -0.25) is 0 Å². The monoisotopic (exact) mass is 418 g/mol. The molecule has 2 aliphatic heterocycles. The van der Waals surface area contributed by atoms with Crippen LogP contribution in [0.1, 0.15) is 23.9 Å². The summed E-state index contributed by atoms with van der Waals surface area (Å²) < 4.78 is 5.50. The van der Waals surface area contributed by atoms with Crippen LogP contribution in [0, 0.1) is 0 Å². The molecular formula is C22H26N8O. The summed E-state index contributed by atoms with van der Waals surface area (Å²) in [5, 5.41) is 0. The van der Waals surface area contributed by atoms with Gasteiger partial charge in [0.05, 0.1) is 31.1 Å². The Balaban J connectivity index is 1.50. The number of hydrogen-bond acceptors (Lipinski definition) is 9. The van der Waals surface area contributed by atoms with Gasteiger partial charge in [-0.25, -0.2) is 24.9 Å². The number of ether oxygens (including phenoxy) is 1. The van der Waals surface area contributed by atoms with Crippen LogP contribution in [0.4, 0.5) is 17.5 Å². The van der Waals surface area contributed by atoms with Crippen LogP contribution >= 0.6 is 0 Å². The van der Waals surface area contributed by atoms with Gasteiger partial charge >= 0.3 is 0 Å². The molecule has 0 saturated carbocycles. The number of aromatic nitrogens is 5. The highest BCUT2D eigenvalue weighted by Gasteiger charge is 2.27. The number of nitrogen functional groups attached to an aromatic ring is 1. The lowest BCUT2D eigenvalue weighted by Gasteiger charge is -2.34. The predicted molar refractivity (Wildman–Crippen MR) is 119 cm³/mol. The zero-order valence-corrected chi connectivity index (χ0v) is 17.7. The van der Waals surface area contributed by atoms with Crippen molar-refractivity contribution in [3.05, 3.63) is 47.9 Å².